The fourth-order valence-corrected chi connectivity index (χ4v) is 4.87. The summed E-state index contributed by atoms with van der Waals surface area (Å²) in [7, 11) is 0. The van der Waals surface area contributed by atoms with Crippen molar-refractivity contribution in [1.29, 1.82) is 0 Å². The molecule has 0 aliphatic carbocycles. The molecule has 0 amide bonds. The van der Waals surface area contributed by atoms with Gasteiger partial charge in [-0.15, -0.1) is 23.5 Å². The summed E-state index contributed by atoms with van der Waals surface area (Å²) < 4.78 is 12.2. The maximum absolute atomic E-state index is 5.68. The van der Waals surface area contributed by atoms with Crippen molar-refractivity contribution in [2.24, 2.45) is 5.92 Å². The molecule has 0 bridgehead atoms. The quantitative estimate of drug-likeness (QED) is 0.776. The van der Waals surface area contributed by atoms with Crippen LogP contribution in [0, 0.1) is 5.92 Å². The van der Waals surface area contributed by atoms with Gasteiger partial charge in [-0.25, -0.2) is 0 Å². The van der Waals surface area contributed by atoms with E-state index in [-0.39, 0.29) is 5.79 Å². The van der Waals surface area contributed by atoms with Crippen molar-refractivity contribution < 1.29 is 9.47 Å². The first-order valence-corrected chi connectivity index (χ1v) is 8.26. The lowest BCUT2D eigenvalue weighted by Gasteiger charge is -2.35. The first-order chi connectivity index (χ1) is 7.66. The van der Waals surface area contributed by atoms with Crippen LogP contribution >= 0.6 is 23.5 Å². The first kappa shape index (κ1) is 13.1. The Labute approximate surface area is 107 Å². The molecule has 0 saturated carbocycles. The van der Waals surface area contributed by atoms with Gasteiger partial charge in [-0.1, -0.05) is 0 Å². The maximum atomic E-state index is 5.68. The summed E-state index contributed by atoms with van der Waals surface area (Å²) in [6.45, 7) is 5.73. The standard InChI is InChI=1S/C12H22O2S2/c1-12(2)13-8-10(9-14-12)4-5-11-15-6-3-7-16-11/h10-11H,3-9H2,1-2H3. The van der Waals surface area contributed by atoms with E-state index in [4.69, 9.17) is 9.47 Å². The van der Waals surface area contributed by atoms with Crippen molar-refractivity contribution in [3.05, 3.63) is 0 Å². The van der Waals surface area contributed by atoms with E-state index in [1.54, 1.807) is 0 Å². The van der Waals surface area contributed by atoms with Crippen LogP contribution in [0.3, 0.4) is 0 Å². The van der Waals surface area contributed by atoms with Gasteiger partial charge in [-0.3, -0.25) is 0 Å². The Morgan fingerprint density at radius 1 is 1.06 bits per heavy atom. The lowest BCUT2D eigenvalue weighted by atomic mass is 10.0. The highest BCUT2D eigenvalue weighted by Gasteiger charge is 2.28. The molecule has 94 valence electrons. The summed E-state index contributed by atoms with van der Waals surface area (Å²) in [6.07, 6.45) is 3.95. The fraction of sp³-hybridized carbons (Fsp3) is 1.00. The predicted molar refractivity (Wildman–Crippen MR) is 72.0 cm³/mol. The average Bonchev–Trinajstić information content (AvgIpc) is 2.29. The van der Waals surface area contributed by atoms with Gasteiger partial charge in [0.15, 0.2) is 5.79 Å². The van der Waals surface area contributed by atoms with Gasteiger partial charge in [0, 0.05) is 5.92 Å². The minimum absolute atomic E-state index is 0.356. The van der Waals surface area contributed by atoms with Crippen LogP contribution in [0.5, 0.6) is 0 Å². The largest absolute Gasteiger partial charge is 0.350 e. The zero-order chi connectivity index (χ0) is 11.4. The topological polar surface area (TPSA) is 18.5 Å². The number of thioether (sulfide) groups is 2. The van der Waals surface area contributed by atoms with E-state index in [1.807, 2.05) is 13.8 Å². The molecule has 2 aliphatic rings. The van der Waals surface area contributed by atoms with E-state index in [1.165, 1.54) is 30.8 Å². The molecule has 0 aromatic rings. The molecule has 2 rings (SSSR count). The van der Waals surface area contributed by atoms with Crippen LogP contribution in [-0.2, 0) is 9.47 Å². The van der Waals surface area contributed by atoms with Crippen LogP contribution in [-0.4, -0.2) is 35.1 Å². The number of hydrogen-bond acceptors (Lipinski definition) is 4. The molecule has 0 aromatic carbocycles. The molecule has 0 unspecified atom stereocenters. The second kappa shape index (κ2) is 5.98. The van der Waals surface area contributed by atoms with Crippen LogP contribution in [0.1, 0.15) is 33.1 Å². The molecular weight excluding hydrogens is 240 g/mol. The molecule has 0 radical (unpaired) electrons. The average molecular weight is 262 g/mol. The van der Waals surface area contributed by atoms with Crippen molar-refractivity contribution in [1.82, 2.24) is 0 Å². The van der Waals surface area contributed by atoms with Gasteiger partial charge in [-0.05, 0) is 44.6 Å². The molecule has 0 aromatic heterocycles. The van der Waals surface area contributed by atoms with E-state index < -0.39 is 0 Å². The van der Waals surface area contributed by atoms with Crippen LogP contribution < -0.4 is 0 Å². The van der Waals surface area contributed by atoms with Gasteiger partial charge in [0.25, 0.3) is 0 Å². The monoisotopic (exact) mass is 262 g/mol. The Morgan fingerprint density at radius 3 is 2.31 bits per heavy atom. The van der Waals surface area contributed by atoms with Crippen LogP contribution in [0.25, 0.3) is 0 Å². The van der Waals surface area contributed by atoms with Gasteiger partial charge < -0.3 is 9.47 Å². The molecule has 0 spiro atoms. The first-order valence-electron chi connectivity index (χ1n) is 6.17. The molecule has 2 saturated heterocycles. The highest BCUT2D eigenvalue weighted by Crippen LogP contribution is 2.35. The molecule has 0 atom stereocenters. The third kappa shape index (κ3) is 4.13. The van der Waals surface area contributed by atoms with Crippen LogP contribution in [0.15, 0.2) is 0 Å². The molecule has 2 fully saturated rings. The highest BCUT2D eigenvalue weighted by atomic mass is 32.2. The second-order valence-electron chi connectivity index (χ2n) is 4.99. The Balaban J connectivity index is 1.63. The van der Waals surface area contributed by atoms with Gasteiger partial charge in [0.05, 0.1) is 17.8 Å². The molecule has 0 N–H and O–H groups in total. The van der Waals surface area contributed by atoms with Gasteiger partial charge in [-0.2, -0.15) is 0 Å². The second-order valence-corrected chi connectivity index (χ2v) is 7.91. The van der Waals surface area contributed by atoms with Gasteiger partial charge in [0.1, 0.15) is 0 Å². The van der Waals surface area contributed by atoms with E-state index in [2.05, 4.69) is 23.5 Å². The summed E-state index contributed by atoms with van der Waals surface area (Å²) in [5.41, 5.74) is 0. The van der Waals surface area contributed by atoms with Crippen molar-refractivity contribution in [2.75, 3.05) is 24.7 Å². The van der Waals surface area contributed by atoms with Crippen molar-refractivity contribution in [2.45, 2.75) is 43.5 Å². The maximum Gasteiger partial charge on any atom is 0.162 e. The molecular formula is C12H22O2S2. The Hall–Kier alpha value is 0.620. The zero-order valence-corrected chi connectivity index (χ0v) is 11.9. The summed E-state index contributed by atoms with van der Waals surface area (Å²) >= 11 is 4.27. The Bertz CT molecular complexity index is 205. The summed E-state index contributed by atoms with van der Waals surface area (Å²) in [4.78, 5) is 0. The number of ether oxygens (including phenoxy) is 2. The molecule has 2 aliphatic heterocycles. The SMILES string of the molecule is CC1(C)OCC(CCC2SCCCS2)CO1. The minimum atomic E-state index is -0.356. The summed E-state index contributed by atoms with van der Waals surface area (Å²) in [5.74, 6) is 2.95. The third-order valence-electron chi connectivity index (χ3n) is 3.04. The summed E-state index contributed by atoms with van der Waals surface area (Å²) in [6, 6.07) is 0. The van der Waals surface area contributed by atoms with Crippen LogP contribution in [0.4, 0.5) is 0 Å². The van der Waals surface area contributed by atoms with E-state index in [0.717, 1.165) is 17.8 Å². The highest BCUT2D eigenvalue weighted by molar-refractivity contribution is 8.17. The molecule has 16 heavy (non-hydrogen) atoms. The number of hydrogen-bond donors (Lipinski definition) is 0. The van der Waals surface area contributed by atoms with Crippen molar-refractivity contribution in [3.8, 4) is 0 Å². The fourth-order valence-electron chi connectivity index (χ4n) is 1.97. The lowest BCUT2D eigenvalue weighted by molar-refractivity contribution is -0.262. The Kier molecular flexibility index (Phi) is 4.89. The summed E-state index contributed by atoms with van der Waals surface area (Å²) in [5, 5.41) is 0. The third-order valence-corrected chi connectivity index (χ3v) is 6.12. The zero-order valence-electron chi connectivity index (χ0n) is 10.2. The van der Waals surface area contributed by atoms with E-state index in [9.17, 15) is 0 Å². The van der Waals surface area contributed by atoms with Gasteiger partial charge >= 0.3 is 0 Å². The number of rotatable bonds is 3. The predicted octanol–water partition coefficient (Wildman–Crippen LogP) is 3.36. The van der Waals surface area contributed by atoms with E-state index >= 15 is 0 Å². The smallest absolute Gasteiger partial charge is 0.162 e. The van der Waals surface area contributed by atoms with Crippen molar-refractivity contribution in [3.63, 3.8) is 0 Å². The molecule has 4 heteroatoms. The van der Waals surface area contributed by atoms with E-state index in [0.29, 0.717) is 5.92 Å². The minimum Gasteiger partial charge on any atom is -0.350 e. The van der Waals surface area contributed by atoms with Crippen molar-refractivity contribution >= 4 is 23.5 Å². The lowest BCUT2D eigenvalue weighted by Crippen LogP contribution is -2.39. The van der Waals surface area contributed by atoms with Gasteiger partial charge in [0.2, 0.25) is 0 Å². The normalized spacial score (nSPS) is 28.1. The molecule has 2 heterocycles. The van der Waals surface area contributed by atoms with Crippen LogP contribution in [0.2, 0.25) is 0 Å². The Morgan fingerprint density at radius 2 is 1.69 bits per heavy atom. The molecule has 2 nitrogen and oxygen atoms in total.